The molecular formula is C19H17Br2N3O5. The zero-order valence-corrected chi connectivity index (χ0v) is 18.4. The molecule has 0 saturated carbocycles. The van der Waals surface area contributed by atoms with Crippen LogP contribution in [0.3, 0.4) is 0 Å². The Hall–Kier alpha value is -2.46. The molecule has 1 heterocycles. The van der Waals surface area contributed by atoms with E-state index >= 15 is 0 Å². The van der Waals surface area contributed by atoms with Crippen molar-refractivity contribution in [2.75, 3.05) is 29.9 Å². The highest BCUT2D eigenvalue weighted by Gasteiger charge is 2.24. The summed E-state index contributed by atoms with van der Waals surface area (Å²) >= 11 is 6.65. The number of anilines is 2. The van der Waals surface area contributed by atoms with Gasteiger partial charge in [0, 0.05) is 28.1 Å². The molecule has 3 rings (SSSR count). The molecule has 1 fully saturated rings. The van der Waals surface area contributed by atoms with Gasteiger partial charge in [0.2, 0.25) is 0 Å². The topological polar surface area (TPSA) is 102 Å². The highest BCUT2D eigenvalue weighted by molar-refractivity contribution is 9.11. The molecule has 2 aromatic carbocycles. The van der Waals surface area contributed by atoms with E-state index in [2.05, 4.69) is 37.2 Å². The van der Waals surface area contributed by atoms with Gasteiger partial charge in [-0.05, 0) is 59.1 Å². The van der Waals surface area contributed by atoms with Crippen LogP contribution in [0.5, 0.6) is 0 Å². The number of ether oxygens (including phenoxy) is 1. The minimum absolute atomic E-state index is 0.0252. The largest absolute Gasteiger partial charge is 0.452 e. The third-order valence-corrected chi connectivity index (χ3v) is 5.54. The van der Waals surface area contributed by atoms with E-state index in [1.54, 1.807) is 24.3 Å². The highest BCUT2D eigenvalue weighted by Crippen LogP contribution is 2.32. The summed E-state index contributed by atoms with van der Waals surface area (Å²) in [5.41, 5.74) is 0.892. The number of carbonyl (C=O) groups is 2. The van der Waals surface area contributed by atoms with Crippen LogP contribution in [-0.2, 0) is 9.53 Å². The number of nitro benzene ring substituents is 1. The van der Waals surface area contributed by atoms with Crippen molar-refractivity contribution < 1.29 is 19.2 Å². The van der Waals surface area contributed by atoms with Gasteiger partial charge in [-0.2, -0.15) is 0 Å². The second kappa shape index (κ2) is 9.36. The molecule has 1 amide bonds. The van der Waals surface area contributed by atoms with Gasteiger partial charge in [0.15, 0.2) is 6.61 Å². The molecule has 10 heteroatoms. The van der Waals surface area contributed by atoms with Crippen LogP contribution in [0.15, 0.2) is 45.3 Å². The van der Waals surface area contributed by atoms with E-state index < -0.39 is 23.4 Å². The molecule has 8 nitrogen and oxygen atoms in total. The summed E-state index contributed by atoms with van der Waals surface area (Å²) in [5.74, 6) is -1.32. The lowest BCUT2D eigenvalue weighted by atomic mass is 10.1. The molecule has 0 aromatic heterocycles. The number of nitrogens with zero attached hydrogens (tertiary/aromatic N) is 2. The average molecular weight is 527 g/mol. The van der Waals surface area contributed by atoms with Crippen molar-refractivity contribution in [2.45, 2.75) is 12.8 Å². The van der Waals surface area contributed by atoms with Gasteiger partial charge in [-0.15, -0.1) is 0 Å². The molecule has 0 radical (unpaired) electrons. The van der Waals surface area contributed by atoms with E-state index in [-0.39, 0.29) is 11.3 Å². The van der Waals surface area contributed by atoms with Gasteiger partial charge in [0.25, 0.3) is 11.6 Å². The normalized spacial score (nSPS) is 13.2. The van der Waals surface area contributed by atoms with Gasteiger partial charge < -0.3 is 15.0 Å². The Balaban J connectivity index is 1.64. The maximum atomic E-state index is 12.3. The fourth-order valence-electron chi connectivity index (χ4n) is 3.01. The Bertz CT molecular complexity index is 961. The van der Waals surface area contributed by atoms with E-state index in [9.17, 15) is 19.7 Å². The Morgan fingerprint density at radius 3 is 2.52 bits per heavy atom. The van der Waals surface area contributed by atoms with Gasteiger partial charge in [-0.1, -0.05) is 15.9 Å². The van der Waals surface area contributed by atoms with Crippen molar-refractivity contribution >= 4 is 60.8 Å². The summed E-state index contributed by atoms with van der Waals surface area (Å²) in [4.78, 5) is 37.2. The number of carbonyl (C=O) groups excluding carboxylic acids is 2. The van der Waals surface area contributed by atoms with Crippen LogP contribution in [0.2, 0.25) is 0 Å². The van der Waals surface area contributed by atoms with Gasteiger partial charge in [-0.3, -0.25) is 14.9 Å². The van der Waals surface area contributed by atoms with Gasteiger partial charge in [0.1, 0.15) is 5.69 Å². The lowest BCUT2D eigenvalue weighted by Crippen LogP contribution is -2.22. The first-order chi connectivity index (χ1) is 13.8. The van der Waals surface area contributed by atoms with Crippen LogP contribution in [0.4, 0.5) is 17.1 Å². The van der Waals surface area contributed by atoms with Crippen LogP contribution in [0, 0.1) is 10.1 Å². The van der Waals surface area contributed by atoms with E-state index in [0.717, 1.165) is 30.4 Å². The zero-order valence-electron chi connectivity index (χ0n) is 15.2. The summed E-state index contributed by atoms with van der Waals surface area (Å²) in [7, 11) is 0. The number of amides is 1. The van der Waals surface area contributed by atoms with Crippen LogP contribution in [0.25, 0.3) is 0 Å². The molecule has 0 aliphatic carbocycles. The first kappa shape index (κ1) is 21.3. The minimum Gasteiger partial charge on any atom is -0.452 e. The first-order valence-corrected chi connectivity index (χ1v) is 10.4. The maximum Gasteiger partial charge on any atom is 0.338 e. The molecule has 1 aliphatic heterocycles. The highest BCUT2D eigenvalue weighted by atomic mass is 79.9. The number of rotatable bonds is 6. The predicted molar refractivity (Wildman–Crippen MR) is 115 cm³/mol. The summed E-state index contributed by atoms with van der Waals surface area (Å²) in [5, 5.41) is 14.1. The van der Waals surface area contributed by atoms with E-state index in [0.29, 0.717) is 15.8 Å². The molecule has 0 spiro atoms. The standard InChI is InChI=1S/C19H17Br2N3O5/c20-13-4-5-15(14(21)10-13)22-18(25)11-29-19(26)12-3-6-16(17(9-12)24(27)28)23-7-1-2-8-23/h3-6,9-10H,1-2,7-8,11H2,(H,22,25). The van der Waals surface area contributed by atoms with Gasteiger partial charge >= 0.3 is 5.97 Å². The van der Waals surface area contributed by atoms with Crippen molar-refractivity contribution in [2.24, 2.45) is 0 Å². The van der Waals surface area contributed by atoms with Crippen LogP contribution in [0.1, 0.15) is 23.2 Å². The Kier molecular flexibility index (Phi) is 6.86. The molecular weight excluding hydrogens is 510 g/mol. The Morgan fingerprint density at radius 2 is 1.86 bits per heavy atom. The summed E-state index contributed by atoms with van der Waals surface area (Å²) in [6, 6.07) is 9.44. The lowest BCUT2D eigenvalue weighted by Gasteiger charge is -2.17. The van der Waals surface area contributed by atoms with E-state index in [1.807, 2.05) is 4.90 Å². The first-order valence-electron chi connectivity index (χ1n) is 8.80. The third kappa shape index (κ3) is 5.33. The number of esters is 1. The zero-order chi connectivity index (χ0) is 21.0. The number of hydrogen-bond acceptors (Lipinski definition) is 6. The lowest BCUT2D eigenvalue weighted by molar-refractivity contribution is -0.384. The second-order valence-electron chi connectivity index (χ2n) is 6.40. The molecule has 1 aliphatic rings. The number of benzene rings is 2. The molecule has 0 unspecified atom stereocenters. The second-order valence-corrected chi connectivity index (χ2v) is 8.17. The fraction of sp³-hybridized carbons (Fsp3) is 0.263. The van der Waals surface area contributed by atoms with E-state index in [4.69, 9.17) is 4.74 Å². The summed E-state index contributed by atoms with van der Waals surface area (Å²) in [6.45, 7) is 0.982. The number of nitro groups is 1. The van der Waals surface area contributed by atoms with Crippen molar-refractivity contribution in [3.05, 3.63) is 61.0 Å². The summed E-state index contributed by atoms with van der Waals surface area (Å²) in [6.07, 6.45) is 1.95. The monoisotopic (exact) mass is 525 g/mol. The third-order valence-electron chi connectivity index (χ3n) is 4.39. The molecule has 152 valence electrons. The minimum atomic E-state index is -0.800. The van der Waals surface area contributed by atoms with Gasteiger partial charge in [-0.25, -0.2) is 4.79 Å². The SMILES string of the molecule is O=C(COC(=O)c1ccc(N2CCCC2)c([N+](=O)[O-])c1)Nc1ccc(Br)cc1Br. The van der Waals surface area contributed by atoms with Crippen LogP contribution >= 0.6 is 31.9 Å². The van der Waals surface area contributed by atoms with Crippen LogP contribution in [-0.4, -0.2) is 36.5 Å². The molecule has 1 saturated heterocycles. The van der Waals surface area contributed by atoms with Gasteiger partial charge in [0.05, 0.1) is 16.2 Å². The molecule has 1 N–H and O–H groups in total. The van der Waals surface area contributed by atoms with Crippen molar-refractivity contribution in [1.29, 1.82) is 0 Å². The van der Waals surface area contributed by atoms with Crippen molar-refractivity contribution in [3.8, 4) is 0 Å². The number of hydrogen-bond donors (Lipinski definition) is 1. The predicted octanol–water partition coefficient (Wildman–Crippen LogP) is 4.52. The number of nitrogens with one attached hydrogen (secondary N) is 1. The molecule has 0 atom stereocenters. The van der Waals surface area contributed by atoms with Crippen molar-refractivity contribution in [1.82, 2.24) is 0 Å². The maximum absolute atomic E-state index is 12.3. The molecule has 29 heavy (non-hydrogen) atoms. The van der Waals surface area contributed by atoms with Crippen molar-refractivity contribution in [3.63, 3.8) is 0 Å². The summed E-state index contributed by atoms with van der Waals surface area (Å²) < 4.78 is 6.52. The molecule has 2 aromatic rings. The Labute approximate surface area is 183 Å². The fourth-order valence-corrected chi connectivity index (χ4v) is 4.16. The van der Waals surface area contributed by atoms with E-state index in [1.165, 1.54) is 12.1 Å². The number of halogens is 2. The average Bonchev–Trinajstić information content (AvgIpc) is 3.22. The van der Waals surface area contributed by atoms with Crippen LogP contribution < -0.4 is 10.2 Å². The quantitative estimate of drug-likeness (QED) is 0.337. The smallest absolute Gasteiger partial charge is 0.338 e. The molecule has 0 bridgehead atoms. The Morgan fingerprint density at radius 1 is 1.14 bits per heavy atom.